The minimum Gasteiger partial charge on any atom is -0.497 e. The third-order valence-corrected chi connectivity index (χ3v) is 7.72. The van der Waals surface area contributed by atoms with E-state index in [0.29, 0.717) is 11.7 Å². The lowest BCUT2D eigenvalue weighted by atomic mass is 10.2. The van der Waals surface area contributed by atoms with Crippen molar-refractivity contribution < 1.29 is 37.4 Å². The number of nitrogens with zero attached hydrogens (tertiary/aromatic N) is 2. The number of aldehydes is 1. The molecule has 43 heavy (non-hydrogen) atoms. The van der Waals surface area contributed by atoms with E-state index in [2.05, 4.69) is 15.4 Å². The first-order chi connectivity index (χ1) is 20.5. The van der Waals surface area contributed by atoms with E-state index in [4.69, 9.17) is 19.6 Å². The molecule has 2 atom stereocenters. The molecule has 14 heteroatoms. The van der Waals surface area contributed by atoms with Crippen molar-refractivity contribution in [2.45, 2.75) is 43.9 Å². The van der Waals surface area contributed by atoms with Crippen molar-refractivity contribution in [3.8, 4) is 11.5 Å². The second-order valence-corrected chi connectivity index (χ2v) is 11.3. The van der Waals surface area contributed by atoms with Gasteiger partial charge >= 0.3 is 5.97 Å². The Hall–Kier alpha value is -4.95. The number of methoxy groups -OCH3 is 1. The minimum absolute atomic E-state index is 0.111. The molecule has 1 amide bonds. The van der Waals surface area contributed by atoms with E-state index < -0.39 is 34.6 Å². The number of para-hydroxylation sites is 2. The summed E-state index contributed by atoms with van der Waals surface area (Å²) in [5.41, 5.74) is 2.57. The van der Waals surface area contributed by atoms with Crippen LogP contribution in [-0.4, -0.2) is 60.5 Å². The number of carboxylic acid groups (broad SMARTS) is 1. The Morgan fingerprint density at radius 3 is 2.42 bits per heavy atom. The van der Waals surface area contributed by atoms with Gasteiger partial charge in [0.05, 0.1) is 37.2 Å². The number of imidazole rings is 1. The molecule has 4 aromatic rings. The van der Waals surface area contributed by atoms with Crippen molar-refractivity contribution in [2.75, 3.05) is 17.7 Å². The molecule has 0 aliphatic heterocycles. The second-order valence-electron chi connectivity index (χ2n) is 9.62. The van der Waals surface area contributed by atoms with E-state index in [-0.39, 0.29) is 35.1 Å². The lowest BCUT2D eigenvalue weighted by molar-refractivity contribution is -0.138. The smallest absolute Gasteiger partial charge is 0.305 e. The number of hydrogen-bond acceptors (Lipinski definition) is 9. The summed E-state index contributed by atoms with van der Waals surface area (Å²) in [6, 6.07) is 17.2. The van der Waals surface area contributed by atoms with Crippen molar-refractivity contribution in [3.63, 3.8) is 0 Å². The van der Waals surface area contributed by atoms with E-state index in [1.54, 1.807) is 14.0 Å². The molecule has 4 rings (SSSR count). The predicted octanol–water partition coefficient (Wildman–Crippen LogP) is 3.53. The monoisotopic (exact) mass is 609 g/mol. The number of amides is 1. The van der Waals surface area contributed by atoms with E-state index in [1.807, 2.05) is 53.1 Å². The zero-order valence-electron chi connectivity index (χ0n) is 23.6. The summed E-state index contributed by atoms with van der Waals surface area (Å²) in [5, 5.41) is 14.9. The van der Waals surface area contributed by atoms with Crippen LogP contribution in [-0.2, 0) is 31.0 Å². The SMILES string of the molecule is COc1ccc(Nc2nc3ccccc3n2C[C@@H](C)Oc2cc(NC(C)=O)ccc2S(=O)(=O)NC(C=O)CC(=O)O)cc1. The molecule has 13 nitrogen and oxygen atoms in total. The van der Waals surface area contributed by atoms with Gasteiger partial charge in [0.2, 0.25) is 21.9 Å². The number of benzene rings is 3. The molecule has 1 heterocycles. The first-order valence-corrected chi connectivity index (χ1v) is 14.6. The maximum Gasteiger partial charge on any atom is 0.305 e. The average Bonchev–Trinajstić information content (AvgIpc) is 3.28. The number of fused-ring (bicyclic) bond motifs is 1. The van der Waals surface area contributed by atoms with Crippen LogP contribution in [0.15, 0.2) is 71.6 Å². The molecule has 0 saturated carbocycles. The van der Waals surface area contributed by atoms with Gasteiger partial charge in [0, 0.05) is 24.4 Å². The van der Waals surface area contributed by atoms with Crippen molar-refractivity contribution in [1.29, 1.82) is 0 Å². The Morgan fingerprint density at radius 1 is 1.07 bits per heavy atom. The fourth-order valence-corrected chi connectivity index (χ4v) is 5.63. The van der Waals surface area contributed by atoms with Gasteiger partial charge in [-0.05, 0) is 55.5 Å². The molecule has 0 spiro atoms. The minimum atomic E-state index is -4.41. The highest BCUT2D eigenvalue weighted by Crippen LogP contribution is 2.30. The van der Waals surface area contributed by atoms with Gasteiger partial charge in [-0.2, -0.15) is 0 Å². The molecule has 0 saturated heterocycles. The van der Waals surface area contributed by atoms with Gasteiger partial charge in [-0.25, -0.2) is 18.1 Å². The van der Waals surface area contributed by atoms with Crippen LogP contribution in [0.3, 0.4) is 0 Å². The van der Waals surface area contributed by atoms with E-state index in [9.17, 15) is 22.8 Å². The molecular formula is C29H31N5O8S. The largest absolute Gasteiger partial charge is 0.497 e. The normalized spacial score (nSPS) is 12.7. The first-order valence-electron chi connectivity index (χ1n) is 13.1. The second kappa shape index (κ2) is 13.4. The molecule has 0 bridgehead atoms. The quantitative estimate of drug-likeness (QED) is 0.155. The molecular weight excluding hydrogens is 578 g/mol. The Kier molecular flexibility index (Phi) is 9.63. The average molecular weight is 610 g/mol. The zero-order valence-corrected chi connectivity index (χ0v) is 24.4. The fourth-order valence-electron chi connectivity index (χ4n) is 4.34. The summed E-state index contributed by atoms with van der Waals surface area (Å²) in [6.45, 7) is 3.27. The zero-order chi connectivity index (χ0) is 31.1. The van der Waals surface area contributed by atoms with E-state index >= 15 is 0 Å². The topological polar surface area (TPSA) is 178 Å². The third-order valence-electron chi connectivity index (χ3n) is 6.19. The van der Waals surface area contributed by atoms with Gasteiger partial charge in [-0.15, -0.1) is 0 Å². The highest BCUT2D eigenvalue weighted by atomic mass is 32.2. The number of sulfonamides is 1. The van der Waals surface area contributed by atoms with E-state index in [1.165, 1.54) is 25.1 Å². The number of anilines is 3. The highest BCUT2D eigenvalue weighted by Gasteiger charge is 2.27. The molecule has 4 N–H and O–H groups in total. The Balaban J connectivity index is 1.66. The molecule has 0 fully saturated rings. The van der Waals surface area contributed by atoms with Gasteiger partial charge in [-0.1, -0.05) is 12.1 Å². The van der Waals surface area contributed by atoms with Crippen LogP contribution >= 0.6 is 0 Å². The number of ether oxygens (including phenoxy) is 2. The lowest BCUT2D eigenvalue weighted by Gasteiger charge is -2.21. The summed E-state index contributed by atoms with van der Waals surface area (Å²) in [4.78, 5) is 38.5. The highest BCUT2D eigenvalue weighted by molar-refractivity contribution is 7.89. The van der Waals surface area contributed by atoms with Gasteiger partial charge in [0.25, 0.3) is 0 Å². The number of carbonyl (C=O) groups is 3. The van der Waals surface area contributed by atoms with Crippen LogP contribution in [0.1, 0.15) is 20.3 Å². The summed E-state index contributed by atoms with van der Waals surface area (Å²) in [7, 11) is -2.83. The summed E-state index contributed by atoms with van der Waals surface area (Å²) >= 11 is 0. The summed E-state index contributed by atoms with van der Waals surface area (Å²) in [5.74, 6) is -0.622. The van der Waals surface area contributed by atoms with Gasteiger partial charge < -0.3 is 34.6 Å². The van der Waals surface area contributed by atoms with Gasteiger partial charge in [0.1, 0.15) is 28.8 Å². The van der Waals surface area contributed by atoms with Crippen molar-refractivity contribution in [2.24, 2.45) is 0 Å². The Bertz CT molecular complexity index is 1740. The maximum absolute atomic E-state index is 13.2. The molecule has 1 unspecified atom stereocenters. The molecule has 0 radical (unpaired) electrons. The number of nitrogens with one attached hydrogen (secondary N) is 3. The molecule has 0 aliphatic rings. The molecule has 1 aromatic heterocycles. The van der Waals surface area contributed by atoms with E-state index in [0.717, 1.165) is 16.7 Å². The lowest BCUT2D eigenvalue weighted by Crippen LogP contribution is -2.37. The Morgan fingerprint density at radius 2 is 1.77 bits per heavy atom. The standard InChI is InChI=1S/C29H31N5O8S/c1-18(16-34-25-7-5-4-6-24(25)32-29(34)31-20-8-11-23(41-3)12-9-20)42-26-14-21(30-19(2)36)10-13-27(26)43(39,40)33-22(17-35)15-28(37)38/h4-14,17-18,22,33H,15-16H2,1-3H3,(H,30,36)(H,31,32)(H,37,38)/t18-,22?/m1/s1. The van der Waals surface area contributed by atoms with Crippen LogP contribution in [0.25, 0.3) is 11.0 Å². The van der Waals surface area contributed by atoms with Gasteiger partial charge in [-0.3, -0.25) is 9.59 Å². The number of carboxylic acids is 1. The first kappa shape index (κ1) is 31.0. The van der Waals surface area contributed by atoms with Crippen LogP contribution in [0.2, 0.25) is 0 Å². The molecule has 0 aliphatic carbocycles. The molecule has 3 aromatic carbocycles. The van der Waals surface area contributed by atoms with Crippen LogP contribution in [0.5, 0.6) is 11.5 Å². The summed E-state index contributed by atoms with van der Waals surface area (Å²) < 4.78 is 41.9. The number of rotatable bonds is 14. The van der Waals surface area contributed by atoms with Crippen molar-refractivity contribution in [1.82, 2.24) is 14.3 Å². The molecule has 226 valence electrons. The number of aromatic nitrogens is 2. The van der Waals surface area contributed by atoms with Crippen LogP contribution in [0, 0.1) is 0 Å². The summed E-state index contributed by atoms with van der Waals surface area (Å²) in [6.07, 6.45) is -1.17. The van der Waals surface area contributed by atoms with Crippen LogP contribution < -0.4 is 24.8 Å². The van der Waals surface area contributed by atoms with Crippen molar-refractivity contribution in [3.05, 3.63) is 66.7 Å². The van der Waals surface area contributed by atoms with Gasteiger partial charge in [0.15, 0.2) is 0 Å². The Labute approximate surface area is 247 Å². The maximum atomic E-state index is 13.2. The predicted molar refractivity (Wildman–Crippen MR) is 159 cm³/mol. The van der Waals surface area contributed by atoms with Crippen molar-refractivity contribution >= 4 is 56.5 Å². The third kappa shape index (κ3) is 7.87. The number of carbonyl (C=O) groups excluding carboxylic acids is 2. The number of aliphatic carboxylic acids is 1. The fraction of sp³-hybridized carbons (Fsp3) is 0.241. The number of hydrogen-bond donors (Lipinski definition) is 4. The van der Waals surface area contributed by atoms with Crippen LogP contribution in [0.4, 0.5) is 17.3 Å².